The van der Waals surface area contributed by atoms with Crippen LogP contribution in [0.3, 0.4) is 0 Å². The minimum absolute atomic E-state index is 0.0426. The van der Waals surface area contributed by atoms with Crippen LogP contribution in [-0.2, 0) is 6.61 Å². The summed E-state index contributed by atoms with van der Waals surface area (Å²) < 4.78 is 11.8. The minimum atomic E-state index is -0.112. The van der Waals surface area contributed by atoms with E-state index in [4.69, 9.17) is 9.47 Å². The lowest BCUT2D eigenvalue weighted by molar-refractivity contribution is 0.0985. The van der Waals surface area contributed by atoms with Gasteiger partial charge in [0.2, 0.25) is 11.7 Å². The van der Waals surface area contributed by atoms with Gasteiger partial charge in [-0.25, -0.2) is 4.98 Å². The maximum absolute atomic E-state index is 11.9. The van der Waals surface area contributed by atoms with E-state index < -0.39 is 0 Å². The number of Topliss-reactive ketones (excluding diaryl/α,β-unsaturated/α-hetero) is 1. The molecule has 2 aromatic heterocycles. The molecule has 0 aliphatic carbocycles. The topological polar surface area (TPSA) is 123 Å². The van der Waals surface area contributed by atoms with Crippen LogP contribution in [-0.4, -0.2) is 36.5 Å². The molecule has 4 aromatic rings. The second-order valence-corrected chi connectivity index (χ2v) is 7.02. The van der Waals surface area contributed by atoms with Crippen molar-refractivity contribution in [3.63, 3.8) is 0 Å². The van der Waals surface area contributed by atoms with Crippen molar-refractivity contribution < 1.29 is 19.4 Å². The predicted molar refractivity (Wildman–Crippen MR) is 116 cm³/mol. The summed E-state index contributed by atoms with van der Waals surface area (Å²) in [6.07, 6.45) is 1.93. The number of tetrazole rings is 1. The molecule has 2 aromatic carbocycles. The molecule has 2 N–H and O–H groups in total. The lowest BCUT2D eigenvalue weighted by Gasteiger charge is -2.13. The van der Waals surface area contributed by atoms with E-state index in [0.717, 1.165) is 11.1 Å². The monoisotopic (exact) mass is 431 g/mol. The van der Waals surface area contributed by atoms with Gasteiger partial charge >= 0.3 is 0 Å². The number of aromatic hydroxyl groups is 1. The van der Waals surface area contributed by atoms with Gasteiger partial charge in [-0.1, -0.05) is 19.1 Å². The quantitative estimate of drug-likeness (QED) is 0.397. The summed E-state index contributed by atoms with van der Waals surface area (Å²) in [5.74, 6) is 1.79. The Kier molecular flexibility index (Phi) is 6.07. The Morgan fingerprint density at radius 2 is 2.03 bits per heavy atom. The first-order valence-electron chi connectivity index (χ1n) is 10.0. The molecule has 0 unspecified atom stereocenters. The summed E-state index contributed by atoms with van der Waals surface area (Å²) in [7, 11) is 0. The summed E-state index contributed by atoms with van der Waals surface area (Å²) in [5, 5.41) is 24.2. The van der Waals surface area contributed by atoms with Crippen LogP contribution in [0.25, 0.3) is 11.4 Å². The van der Waals surface area contributed by atoms with Crippen LogP contribution >= 0.6 is 0 Å². The Labute approximate surface area is 184 Å². The van der Waals surface area contributed by atoms with Crippen LogP contribution in [0.15, 0.2) is 54.7 Å². The van der Waals surface area contributed by atoms with Gasteiger partial charge in [0.1, 0.15) is 23.9 Å². The highest BCUT2D eigenvalue weighted by Gasteiger charge is 2.15. The number of ketones is 1. The first kappa shape index (κ1) is 21.0. The number of aromatic amines is 1. The maximum atomic E-state index is 11.9. The van der Waals surface area contributed by atoms with Gasteiger partial charge in [0, 0.05) is 29.8 Å². The van der Waals surface area contributed by atoms with E-state index in [2.05, 4.69) is 25.6 Å². The Hall–Kier alpha value is -4.27. The van der Waals surface area contributed by atoms with Crippen LogP contribution in [0.2, 0.25) is 0 Å². The number of benzene rings is 2. The summed E-state index contributed by atoms with van der Waals surface area (Å²) in [4.78, 5) is 16.1. The summed E-state index contributed by atoms with van der Waals surface area (Å²) >= 11 is 0. The van der Waals surface area contributed by atoms with E-state index in [1.165, 1.54) is 0 Å². The summed E-state index contributed by atoms with van der Waals surface area (Å²) in [6, 6.07) is 14.2. The minimum Gasteiger partial charge on any atom is -0.507 e. The molecule has 0 aliphatic rings. The molecule has 32 heavy (non-hydrogen) atoms. The zero-order chi connectivity index (χ0) is 22.5. The van der Waals surface area contributed by atoms with Gasteiger partial charge in [0.05, 0.1) is 5.56 Å². The summed E-state index contributed by atoms with van der Waals surface area (Å²) in [6.45, 7) is 3.74. The predicted octanol–water partition coefficient (Wildman–Crippen LogP) is 4.24. The van der Waals surface area contributed by atoms with Gasteiger partial charge in [-0.15, -0.1) is 10.2 Å². The number of phenols is 1. The summed E-state index contributed by atoms with van der Waals surface area (Å²) in [5.41, 5.74) is 2.43. The number of hydrogen-bond donors (Lipinski definition) is 2. The number of pyridine rings is 1. The Bertz CT molecular complexity index is 1240. The standard InChI is InChI=1S/C23H21N5O4/c1-3-19(29)18-7-8-20(14(2)22(18)30)31-13-15-5-4-6-17(11-15)32-21-12-16(9-10-24-21)23-25-27-28-26-23/h4-12,30H,3,13H2,1-2H3,(H,25,26,27,28). The number of carbonyl (C=O) groups excluding carboxylic acids is 1. The Morgan fingerprint density at radius 1 is 1.16 bits per heavy atom. The molecule has 0 amide bonds. The van der Waals surface area contributed by atoms with Gasteiger partial charge in [-0.2, -0.15) is 5.21 Å². The van der Waals surface area contributed by atoms with Crippen molar-refractivity contribution in [2.45, 2.75) is 26.9 Å². The highest BCUT2D eigenvalue weighted by atomic mass is 16.5. The van der Waals surface area contributed by atoms with Crippen LogP contribution < -0.4 is 9.47 Å². The number of phenolic OH excluding ortho intramolecular Hbond substituents is 1. The highest BCUT2D eigenvalue weighted by Crippen LogP contribution is 2.32. The first-order chi connectivity index (χ1) is 15.5. The lowest BCUT2D eigenvalue weighted by Crippen LogP contribution is -2.02. The van der Waals surface area contributed by atoms with E-state index in [-0.39, 0.29) is 18.1 Å². The number of nitrogens with zero attached hydrogens (tertiary/aromatic N) is 4. The molecule has 9 nitrogen and oxygen atoms in total. The highest BCUT2D eigenvalue weighted by molar-refractivity contribution is 5.99. The third kappa shape index (κ3) is 4.56. The van der Waals surface area contributed by atoms with Crippen LogP contribution in [0.5, 0.6) is 23.1 Å². The fourth-order valence-electron chi connectivity index (χ4n) is 3.12. The van der Waals surface area contributed by atoms with Crippen molar-refractivity contribution in [1.82, 2.24) is 25.6 Å². The van der Waals surface area contributed by atoms with Gasteiger partial charge < -0.3 is 14.6 Å². The number of ether oxygens (including phenoxy) is 2. The van der Waals surface area contributed by atoms with Crippen molar-refractivity contribution in [3.05, 3.63) is 71.4 Å². The molecule has 0 saturated carbocycles. The molecule has 0 saturated heterocycles. The molecule has 0 radical (unpaired) electrons. The number of nitrogens with one attached hydrogen (secondary N) is 1. The number of H-pyrrole nitrogens is 1. The number of carbonyl (C=O) groups is 1. The molecule has 0 spiro atoms. The third-order valence-corrected chi connectivity index (χ3v) is 4.86. The molecule has 0 bridgehead atoms. The second kappa shape index (κ2) is 9.25. The van der Waals surface area contributed by atoms with Gasteiger partial charge in [-0.3, -0.25) is 4.79 Å². The zero-order valence-corrected chi connectivity index (χ0v) is 17.6. The normalized spacial score (nSPS) is 10.7. The number of rotatable bonds is 8. The number of aromatic nitrogens is 5. The fourth-order valence-corrected chi connectivity index (χ4v) is 3.12. The molecule has 162 valence electrons. The largest absolute Gasteiger partial charge is 0.507 e. The van der Waals surface area contributed by atoms with Gasteiger partial charge in [-0.05, 0) is 48.0 Å². The molecule has 0 aliphatic heterocycles. The van der Waals surface area contributed by atoms with Crippen molar-refractivity contribution in [3.8, 4) is 34.5 Å². The fraction of sp³-hybridized carbons (Fsp3) is 0.174. The van der Waals surface area contributed by atoms with Crippen molar-refractivity contribution >= 4 is 5.78 Å². The molecule has 9 heteroatoms. The van der Waals surface area contributed by atoms with Crippen molar-refractivity contribution in [1.29, 1.82) is 0 Å². The van der Waals surface area contributed by atoms with E-state index in [1.807, 2.05) is 24.3 Å². The molecular formula is C23H21N5O4. The number of hydrogen-bond acceptors (Lipinski definition) is 8. The molecule has 0 fully saturated rings. The van der Waals surface area contributed by atoms with Crippen molar-refractivity contribution in [2.75, 3.05) is 0 Å². The van der Waals surface area contributed by atoms with Gasteiger partial charge in [0.15, 0.2) is 5.78 Å². The van der Waals surface area contributed by atoms with E-state index >= 15 is 0 Å². The van der Waals surface area contributed by atoms with E-state index in [0.29, 0.717) is 40.8 Å². The Morgan fingerprint density at radius 3 is 2.81 bits per heavy atom. The average Bonchev–Trinajstić information content (AvgIpc) is 3.35. The van der Waals surface area contributed by atoms with E-state index in [1.54, 1.807) is 44.3 Å². The molecule has 0 atom stereocenters. The SMILES string of the molecule is CCC(=O)c1ccc(OCc2cccc(Oc3cc(-c4nn[nH]n4)ccn3)c2)c(C)c1O. The van der Waals surface area contributed by atoms with E-state index in [9.17, 15) is 9.90 Å². The average molecular weight is 431 g/mol. The van der Waals surface area contributed by atoms with Crippen LogP contribution in [0.4, 0.5) is 0 Å². The maximum Gasteiger partial charge on any atom is 0.219 e. The third-order valence-electron chi connectivity index (χ3n) is 4.86. The molecule has 4 rings (SSSR count). The zero-order valence-electron chi connectivity index (χ0n) is 17.6. The molecule has 2 heterocycles. The van der Waals surface area contributed by atoms with Gasteiger partial charge in [0.25, 0.3) is 0 Å². The van der Waals surface area contributed by atoms with Crippen LogP contribution in [0, 0.1) is 6.92 Å². The van der Waals surface area contributed by atoms with Crippen molar-refractivity contribution in [2.24, 2.45) is 0 Å². The first-order valence-corrected chi connectivity index (χ1v) is 10.0. The Balaban J connectivity index is 1.46. The smallest absolute Gasteiger partial charge is 0.219 e. The lowest BCUT2D eigenvalue weighted by atomic mass is 10.0. The second-order valence-electron chi connectivity index (χ2n) is 7.02. The molecular weight excluding hydrogens is 410 g/mol. The van der Waals surface area contributed by atoms with Crippen LogP contribution in [0.1, 0.15) is 34.8 Å².